The van der Waals surface area contributed by atoms with E-state index in [1.54, 1.807) is 0 Å². The van der Waals surface area contributed by atoms with Crippen LogP contribution in [0.5, 0.6) is 0 Å². The second-order valence-electron chi connectivity index (χ2n) is 5.27. The van der Waals surface area contributed by atoms with E-state index in [1.165, 1.54) is 25.7 Å². The number of piperidine rings is 1. The second-order valence-corrected chi connectivity index (χ2v) is 6.13. The van der Waals surface area contributed by atoms with Gasteiger partial charge in [-0.3, -0.25) is 4.79 Å². The van der Waals surface area contributed by atoms with E-state index in [9.17, 15) is 4.79 Å². The zero-order valence-electron chi connectivity index (χ0n) is 9.79. The third-order valence-corrected chi connectivity index (χ3v) is 4.86. The first-order chi connectivity index (χ1) is 8.20. The molecule has 1 aromatic carbocycles. The van der Waals surface area contributed by atoms with Crippen molar-refractivity contribution in [3.8, 4) is 0 Å². The van der Waals surface area contributed by atoms with Gasteiger partial charge >= 0.3 is 0 Å². The van der Waals surface area contributed by atoms with Gasteiger partial charge in [0, 0.05) is 17.6 Å². The van der Waals surface area contributed by atoms with Gasteiger partial charge in [-0.05, 0) is 59.2 Å². The van der Waals surface area contributed by atoms with Gasteiger partial charge in [-0.1, -0.05) is 12.1 Å². The lowest BCUT2D eigenvalue weighted by atomic mass is 9.93. The van der Waals surface area contributed by atoms with Crippen LogP contribution < -0.4 is 0 Å². The van der Waals surface area contributed by atoms with E-state index in [1.807, 2.05) is 29.2 Å². The second kappa shape index (κ2) is 4.13. The molecule has 1 saturated carbocycles. The molecule has 0 unspecified atom stereocenters. The van der Waals surface area contributed by atoms with E-state index in [-0.39, 0.29) is 5.91 Å². The van der Waals surface area contributed by atoms with Gasteiger partial charge in [0.25, 0.3) is 5.91 Å². The lowest BCUT2D eigenvalue weighted by molar-refractivity contribution is 0.0677. The molecule has 1 aromatic rings. The van der Waals surface area contributed by atoms with Crippen LogP contribution in [-0.4, -0.2) is 23.9 Å². The Balaban J connectivity index is 1.72. The molecule has 0 N–H and O–H groups in total. The standard InChI is InChI=1S/C14H16BrNO/c15-12-4-2-1-3-11(12)13(17)16-9-7-14(5-6-14)8-10-16/h1-4H,5-10H2. The summed E-state index contributed by atoms with van der Waals surface area (Å²) in [5.41, 5.74) is 1.42. The fraction of sp³-hybridized carbons (Fsp3) is 0.500. The van der Waals surface area contributed by atoms with Crippen molar-refractivity contribution in [3.63, 3.8) is 0 Å². The highest BCUT2D eigenvalue weighted by Crippen LogP contribution is 2.53. The van der Waals surface area contributed by atoms with Crippen LogP contribution in [0.2, 0.25) is 0 Å². The van der Waals surface area contributed by atoms with Crippen LogP contribution in [-0.2, 0) is 0 Å². The number of hydrogen-bond acceptors (Lipinski definition) is 1. The Kier molecular flexibility index (Phi) is 2.74. The lowest BCUT2D eigenvalue weighted by Crippen LogP contribution is -2.39. The Morgan fingerprint density at radius 1 is 1.12 bits per heavy atom. The predicted octanol–water partition coefficient (Wildman–Crippen LogP) is 3.47. The minimum Gasteiger partial charge on any atom is -0.339 e. The summed E-state index contributed by atoms with van der Waals surface area (Å²) in [4.78, 5) is 14.4. The summed E-state index contributed by atoms with van der Waals surface area (Å²) in [6.45, 7) is 1.86. The molecule has 0 bridgehead atoms. The first-order valence-corrected chi connectivity index (χ1v) is 7.03. The number of hydrogen-bond donors (Lipinski definition) is 0. The number of nitrogens with zero attached hydrogens (tertiary/aromatic N) is 1. The average molecular weight is 294 g/mol. The Bertz CT molecular complexity index is 443. The monoisotopic (exact) mass is 293 g/mol. The van der Waals surface area contributed by atoms with E-state index in [2.05, 4.69) is 15.9 Å². The van der Waals surface area contributed by atoms with Crippen molar-refractivity contribution in [1.29, 1.82) is 0 Å². The highest BCUT2D eigenvalue weighted by Gasteiger charge is 2.45. The molecular formula is C14H16BrNO. The van der Waals surface area contributed by atoms with E-state index >= 15 is 0 Å². The zero-order chi connectivity index (χ0) is 11.9. The van der Waals surface area contributed by atoms with E-state index in [0.29, 0.717) is 5.41 Å². The summed E-state index contributed by atoms with van der Waals surface area (Å²) in [6, 6.07) is 7.69. The largest absolute Gasteiger partial charge is 0.339 e. The molecule has 0 atom stereocenters. The molecule has 1 amide bonds. The molecule has 17 heavy (non-hydrogen) atoms. The van der Waals surface area contributed by atoms with Gasteiger partial charge in [-0.2, -0.15) is 0 Å². The summed E-state index contributed by atoms with van der Waals surface area (Å²) in [7, 11) is 0. The lowest BCUT2D eigenvalue weighted by Gasteiger charge is -2.32. The third-order valence-electron chi connectivity index (χ3n) is 4.17. The van der Waals surface area contributed by atoms with Crippen LogP contribution in [0.4, 0.5) is 0 Å². The number of likely N-dealkylation sites (tertiary alicyclic amines) is 1. The Labute approximate surface area is 110 Å². The van der Waals surface area contributed by atoms with Crippen molar-refractivity contribution in [2.24, 2.45) is 5.41 Å². The number of carbonyl (C=O) groups excluding carboxylic acids is 1. The minimum atomic E-state index is 0.174. The summed E-state index contributed by atoms with van der Waals surface area (Å²) >= 11 is 3.45. The fourth-order valence-corrected chi connectivity index (χ4v) is 3.12. The molecule has 1 aliphatic heterocycles. The molecule has 2 nitrogen and oxygen atoms in total. The van der Waals surface area contributed by atoms with Crippen LogP contribution >= 0.6 is 15.9 Å². The van der Waals surface area contributed by atoms with Gasteiger partial charge in [-0.25, -0.2) is 0 Å². The Morgan fingerprint density at radius 2 is 1.76 bits per heavy atom. The molecule has 3 heteroatoms. The van der Waals surface area contributed by atoms with Crippen molar-refractivity contribution in [2.75, 3.05) is 13.1 Å². The van der Waals surface area contributed by atoms with Crippen molar-refractivity contribution in [2.45, 2.75) is 25.7 Å². The highest BCUT2D eigenvalue weighted by molar-refractivity contribution is 9.10. The van der Waals surface area contributed by atoms with Crippen LogP contribution in [0.1, 0.15) is 36.0 Å². The third kappa shape index (κ3) is 2.13. The van der Waals surface area contributed by atoms with Gasteiger partial charge in [0.05, 0.1) is 5.56 Å². The predicted molar refractivity (Wildman–Crippen MR) is 70.9 cm³/mol. The average Bonchev–Trinajstić information content (AvgIpc) is 3.10. The summed E-state index contributed by atoms with van der Waals surface area (Å²) in [6.07, 6.45) is 5.15. The number of rotatable bonds is 1. The molecule has 1 aliphatic carbocycles. The van der Waals surface area contributed by atoms with E-state index < -0.39 is 0 Å². The molecule has 1 spiro atoms. The van der Waals surface area contributed by atoms with Crippen LogP contribution in [0.25, 0.3) is 0 Å². The Morgan fingerprint density at radius 3 is 2.35 bits per heavy atom. The van der Waals surface area contributed by atoms with Crippen LogP contribution in [0, 0.1) is 5.41 Å². The maximum Gasteiger partial charge on any atom is 0.254 e. The maximum atomic E-state index is 12.3. The zero-order valence-corrected chi connectivity index (χ0v) is 11.4. The van der Waals surface area contributed by atoms with E-state index in [0.717, 1.165) is 23.1 Å². The SMILES string of the molecule is O=C(c1ccccc1Br)N1CCC2(CC1)CC2. The molecule has 2 aliphatic rings. The normalized spacial score (nSPS) is 21.6. The van der Waals surface area contributed by atoms with E-state index in [4.69, 9.17) is 0 Å². The molecule has 1 saturated heterocycles. The van der Waals surface area contributed by atoms with Crippen molar-refractivity contribution in [3.05, 3.63) is 34.3 Å². The van der Waals surface area contributed by atoms with Crippen molar-refractivity contribution < 1.29 is 4.79 Å². The molecule has 3 rings (SSSR count). The Hall–Kier alpha value is -0.830. The first-order valence-electron chi connectivity index (χ1n) is 6.24. The summed E-state index contributed by atoms with van der Waals surface area (Å²) in [5.74, 6) is 0.174. The molecule has 1 heterocycles. The number of amides is 1. The highest BCUT2D eigenvalue weighted by atomic mass is 79.9. The van der Waals surface area contributed by atoms with Gasteiger partial charge in [0.15, 0.2) is 0 Å². The smallest absolute Gasteiger partial charge is 0.254 e. The number of carbonyl (C=O) groups is 1. The van der Waals surface area contributed by atoms with Crippen LogP contribution in [0.15, 0.2) is 28.7 Å². The number of benzene rings is 1. The van der Waals surface area contributed by atoms with Crippen LogP contribution in [0.3, 0.4) is 0 Å². The minimum absolute atomic E-state index is 0.174. The molecule has 0 aromatic heterocycles. The van der Waals surface area contributed by atoms with Gasteiger partial charge in [-0.15, -0.1) is 0 Å². The summed E-state index contributed by atoms with van der Waals surface area (Å²) in [5, 5.41) is 0. The van der Waals surface area contributed by atoms with Crippen molar-refractivity contribution in [1.82, 2.24) is 4.90 Å². The van der Waals surface area contributed by atoms with Gasteiger partial charge in [0.1, 0.15) is 0 Å². The molecule has 0 radical (unpaired) electrons. The topological polar surface area (TPSA) is 20.3 Å². The molecule has 2 fully saturated rings. The quantitative estimate of drug-likeness (QED) is 0.776. The summed E-state index contributed by atoms with van der Waals surface area (Å²) < 4.78 is 0.900. The molecular weight excluding hydrogens is 278 g/mol. The maximum absolute atomic E-state index is 12.3. The van der Waals surface area contributed by atoms with Gasteiger partial charge < -0.3 is 4.90 Å². The molecule has 90 valence electrons. The first kappa shape index (κ1) is 11.3. The van der Waals surface area contributed by atoms with Gasteiger partial charge in [0.2, 0.25) is 0 Å². The van der Waals surface area contributed by atoms with Crippen molar-refractivity contribution >= 4 is 21.8 Å². The fourth-order valence-electron chi connectivity index (χ4n) is 2.67. The number of halogens is 1.